The van der Waals surface area contributed by atoms with Crippen molar-refractivity contribution in [2.24, 2.45) is 0 Å². The van der Waals surface area contributed by atoms with Crippen molar-refractivity contribution in [3.05, 3.63) is 179 Å². The molecule has 1 saturated heterocycles. The lowest BCUT2D eigenvalue weighted by Crippen LogP contribution is -2.65. The zero-order valence-electron chi connectivity index (χ0n) is 27.2. The molecule has 5 aromatic rings. The largest absolute Gasteiger partial charge is 0.368 e. The quantitative estimate of drug-likeness (QED) is 0.109. The lowest BCUT2D eigenvalue weighted by molar-refractivity contribution is -0.295. The summed E-state index contributed by atoms with van der Waals surface area (Å²) < 4.78 is 33.9. The summed E-state index contributed by atoms with van der Waals surface area (Å²) in [6, 6.07) is 49.4. The highest BCUT2D eigenvalue weighted by atomic mass is 16.6. The summed E-state index contributed by atoms with van der Waals surface area (Å²) in [7, 11) is 0. The Balaban J connectivity index is 1.41. The van der Waals surface area contributed by atoms with Crippen LogP contribution in [0.15, 0.2) is 152 Å². The van der Waals surface area contributed by atoms with Crippen LogP contribution in [0, 0.1) is 0 Å². The number of ether oxygens (including phenoxy) is 5. The van der Waals surface area contributed by atoms with E-state index in [1.54, 1.807) is 0 Å². The van der Waals surface area contributed by atoms with Crippen LogP contribution in [0.3, 0.4) is 0 Å². The van der Waals surface area contributed by atoms with Gasteiger partial charge in [-0.3, -0.25) is 4.79 Å². The molecule has 0 aliphatic carbocycles. The monoisotopic (exact) mass is 642 g/mol. The molecule has 1 aliphatic heterocycles. The molecule has 0 aromatic heterocycles. The van der Waals surface area contributed by atoms with E-state index < -0.39 is 36.1 Å². The standard InChI is InChI=1S/C42H42O6/c1-32-38(44-27-33-17-7-2-8-18-33)39(45-28-34-19-9-3-10-20-34)40(46-29-35-21-11-4-12-22-35)41(48-32)42(31-43,37-25-15-6-16-26-37)47-30-36-23-13-5-14-24-36/h2-26,31-32,38-41H,27-30H2,1H3/t32-,38+,39+,40-,41-,42-/m0/s1. The summed E-state index contributed by atoms with van der Waals surface area (Å²) >= 11 is 0. The summed E-state index contributed by atoms with van der Waals surface area (Å²) in [6.07, 6.45) is -2.38. The van der Waals surface area contributed by atoms with E-state index >= 15 is 0 Å². The molecule has 0 N–H and O–H groups in total. The van der Waals surface area contributed by atoms with Crippen molar-refractivity contribution in [1.82, 2.24) is 0 Å². The molecule has 6 atom stereocenters. The van der Waals surface area contributed by atoms with Gasteiger partial charge in [-0.2, -0.15) is 0 Å². The van der Waals surface area contributed by atoms with E-state index in [4.69, 9.17) is 23.7 Å². The molecule has 1 aliphatic rings. The predicted octanol–water partition coefficient (Wildman–Crippen LogP) is 7.84. The molecule has 0 bridgehead atoms. The highest BCUT2D eigenvalue weighted by molar-refractivity contribution is 5.68. The lowest BCUT2D eigenvalue weighted by Gasteiger charge is -2.50. The molecule has 0 radical (unpaired) electrons. The molecular weight excluding hydrogens is 600 g/mol. The van der Waals surface area contributed by atoms with Crippen molar-refractivity contribution >= 4 is 6.29 Å². The molecular formula is C42H42O6. The number of carbonyl (C=O) groups is 1. The molecule has 1 fully saturated rings. The molecule has 6 nitrogen and oxygen atoms in total. The highest BCUT2D eigenvalue weighted by Crippen LogP contribution is 2.41. The molecule has 0 unspecified atom stereocenters. The van der Waals surface area contributed by atoms with E-state index in [2.05, 4.69) is 0 Å². The van der Waals surface area contributed by atoms with Gasteiger partial charge < -0.3 is 23.7 Å². The third kappa shape index (κ3) is 8.16. The van der Waals surface area contributed by atoms with Crippen LogP contribution in [-0.2, 0) is 60.5 Å². The molecule has 0 spiro atoms. The number of carbonyl (C=O) groups excluding carboxylic acids is 1. The van der Waals surface area contributed by atoms with Gasteiger partial charge in [0.15, 0.2) is 11.9 Å². The second-order valence-corrected chi connectivity index (χ2v) is 12.1. The third-order valence-corrected chi connectivity index (χ3v) is 8.77. The Morgan fingerprint density at radius 1 is 0.521 bits per heavy atom. The first-order valence-corrected chi connectivity index (χ1v) is 16.5. The van der Waals surface area contributed by atoms with Crippen molar-refractivity contribution in [3.8, 4) is 0 Å². The van der Waals surface area contributed by atoms with Crippen molar-refractivity contribution in [3.63, 3.8) is 0 Å². The van der Waals surface area contributed by atoms with Gasteiger partial charge in [-0.15, -0.1) is 0 Å². The molecule has 0 saturated carbocycles. The fourth-order valence-corrected chi connectivity index (χ4v) is 6.23. The van der Waals surface area contributed by atoms with Gasteiger partial charge in [-0.25, -0.2) is 0 Å². The summed E-state index contributed by atoms with van der Waals surface area (Å²) in [6.45, 7) is 3.12. The first kappa shape index (κ1) is 33.5. The molecule has 6 rings (SSSR count). The fraction of sp³-hybridized carbons (Fsp3) is 0.262. The topological polar surface area (TPSA) is 63.2 Å². The van der Waals surface area contributed by atoms with Gasteiger partial charge in [0.25, 0.3) is 0 Å². The second kappa shape index (κ2) is 16.6. The number of aldehydes is 1. The summed E-state index contributed by atoms with van der Waals surface area (Å²) in [5, 5.41) is 0. The van der Waals surface area contributed by atoms with Gasteiger partial charge in [0.05, 0.1) is 32.5 Å². The minimum absolute atomic E-state index is 0.192. The smallest absolute Gasteiger partial charge is 0.177 e. The first-order chi connectivity index (χ1) is 23.7. The zero-order chi connectivity index (χ0) is 33.0. The van der Waals surface area contributed by atoms with Crippen LogP contribution in [0.2, 0.25) is 0 Å². The second-order valence-electron chi connectivity index (χ2n) is 12.1. The average molecular weight is 643 g/mol. The molecule has 5 aromatic carbocycles. The maximum Gasteiger partial charge on any atom is 0.177 e. The van der Waals surface area contributed by atoms with Crippen LogP contribution in [0.4, 0.5) is 0 Å². The molecule has 48 heavy (non-hydrogen) atoms. The Hall–Kier alpha value is -4.43. The van der Waals surface area contributed by atoms with Crippen LogP contribution in [0.5, 0.6) is 0 Å². The molecule has 6 heteroatoms. The van der Waals surface area contributed by atoms with E-state index in [1.807, 2.05) is 159 Å². The van der Waals surface area contributed by atoms with Gasteiger partial charge in [0.1, 0.15) is 24.4 Å². The van der Waals surface area contributed by atoms with Gasteiger partial charge in [-0.05, 0) is 34.7 Å². The Bertz CT molecular complexity index is 1650. The molecule has 0 amide bonds. The summed E-state index contributed by atoms with van der Waals surface area (Å²) in [5.41, 5.74) is 3.12. The van der Waals surface area contributed by atoms with E-state index in [-0.39, 0.29) is 13.2 Å². The summed E-state index contributed by atoms with van der Waals surface area (Å²) in [4.78, 5) is 13.6. The highest BCUT2D eigenvalue weighted by Gasteiger charge is 2.56. The van der Waals surface area contributed by atoms with Gasteiger partial charge >= 0.3 is 0 Å². The van der Waals surface area contributed by atoms with E-state index in [0.717, 1.165) is 28.5 Å². The Labute approximate surface area is 283 Å². The minimum Gasteiger partial charge on any atom is -0.368 e. The number of benzene rings is 5. The van der Waals surface area contributed by atoms with Crippen molar-refractivity contribution in [1.29, 1.82) is 0 Å². The number of hydrogen-bond acceptors (Lipinski definition) is 6. The van der Waals surface area contributed by atoms with Gasteiger partial charge in [0, 0.05) is 0 Å². The van der Waals surface area contributed by atoms with E-state index in [0.29, 0.717) is 18.8 Å². The van der Waals surface area contributed by atoms with Crippen LogP contribution in [0.1, 0.15) is 34.7 Å². The minimum atomic E-state index is -1.52. The number of rotatable bonds is 15. The Morgan fingerprint density at radius 2 is 0.896 bits per heavy atom. The lowest BCUT2D eigenvalue weighted by atomic mass is 9.80. The average Bonchev–Trinajstić information content (AvgIpc) is 3.15. The molecule has 246 valence electrons. The summed E-state index contributed by atoms with van der Waals surface area (Å²) in [5.74, 6) is 0. The molecule has 1 heterocycles. The SMILES string of the molecule is C[C@@H]1O[C@H]([C@@](C=O)(OCc2ccccc2)c2ccccc2)[C@@H](OCc2ccccc2)[C@H](OCc2ccccc2)[C@@H]1OCc1ccccc1. The van der Waals surface area contributed by atoms with Gasteiger partial charge in [-0.1, -0.05) is 152 Å². The normalized spacial score (nSPS) is 22.1. The van der Waals surface area contributed by atoms with Crippen LogP contribution in [0.25, 0.3) is 0 Å². The maximum atomic E-state index is 13.6. The van der Waals surface area contributed by atoms with Crippen LogP contribution >= 0.6 is 0 Å². The first-order valence-electron chi connectivity index (χ1n) is 16.5. The Morgan fingerprint density at radius 3 is 1.33 bits per heavy atom. The number of hydrogen-bond donors (Lipinski definition) is 0. The Kier molecular flexibility index (Phi) is 11.6. The zero-order valence-corrected chi connectivity index (χ0v) is 27.2. The van der Waals surface area contributed by atoms with Gasteiger partial charge in [0.2, 0.25) is 0 Å². The van der Waals surface area contributed by atoms with E-state index in [1.165, 1.54) is 0 Å². The third-order valence-electron chi connectivity index (χ3n) is 8.77. The van der Waals surface area contributed by atoms with Crippen LogP contribution < -0.4 is 0 Å². The van der Waals surface area contributed by atoms with E-state index in [9.17, 15) is 4.79 Å². The van der Waals surface area contributed by atoms with Crippen molar-refractivity contribution in [2.75, 3.05) is 0 Å². The fourth-order valence-electron chi connectivity index (χ4n) is 6.23. The maximum absolute atomic E-state index is 13.6. The predicted molar refractivity (Wildman–Crippen MR) is 185 cm³/mol. The van der Waals surface area contributed by atoms with Crippen LogP contribution in [-0.4, -0.2) is 36.8 Å². The van der Waals surface area contributed by atoms with Crippen molar-refractivity contribution < 1.29 is 28.5 Å². The van der Waals surface area contributed by atoms with Crippen molar-refractivity contribution in [2.45, 2.75) is 69.5 Å².